The highest BCUT2D eigenvalue weighted by molar-refractivity contribution is 7.80. The number of hydrogen-bond donors (Lipinski definition) is 0. The Morgan fingerprint density at radius 2 is 2.06 bits per heavy atom. The molecule has 0 saturated carbocycles. The minimum Gasteiger partial charge on any atom is -0.325 e. The molecule has 2 heterocycles. The van der Waals surface area contributed by atoms with Crippen LogP contribution in [-0.4, -0.2) is 64.3 Å². The number of amidine groups is 1. The monoisotopic (exact) mass is 252 g/mol. The van der Waals surface area contributed by atoms with Gasteiger partial charge in [0.05, 0.1) is 0 Å². The predicted molar refractivity (Wildman–Crippen MR) is 66.7 cm³/mol. The molecule has 0 bridgehead atoms. The van der Waals surface area contributed by atoms with E-state index in [1.165, 1.54) is 11.9 Å². The van der Waals surface area contributed by atoms with Crippen LogP contribution < -0.4 is 0 Å². The van der Waals surface area contributed by atoms with Crippen LogP contribution in [0.3, 0.4) is 0 Å². The molecule has 0 N–H and O–H groups in total. The Kier molecular flexibility index (Phi) is 2.70. The second-order valence-electron chi connectivity index (χ2n) is 3.83. The predicted octanol–water partition coefficient (Wildman–Crippen LogP) is 0.0638. The number of nitrogens with zero attached hydrogens (tertiary/aromatic N) is 4. The molecule has 2 rings (SSSR count). The molecule has 0 aromatic carbocycles. The maximum atomic E-state index is 12.1. The summed E-state index contributed by atoms with van der Waals surface area (Å²) in [7, 11) is 3.03. The number of rotatable bonds is 2. The van der Waals surface area contributed by atoms with Crippen LogP contribution in [0.4, 0.5) is 4.79 Å². The molecule has 17 heavy (non-hydrogen) atoms. The summed E-state index contributed by atoms with van der Waals surface area (Å²) >= 11 is 5.09. The van der Waals surface area contributed by atoms with E-state index in [9.17, 15) is 9.59 Å². The first-order chi connectivity index (χ1) is 7.99. The van der Waals surface area contributed by atoms with Crippen molar-refractivity contribution in [2.45, 2.75) is 6.04 Å². The van der Waals surface area contributed by atoms with Crippen molar-refractivity contribution in [2.75, 3.05) is 20.6 Å². The first-order valence-electron chi connectivity index (χ1n) is 5.04. The zero-order valence-corrected chi connectivity index (χ0v) is 10.4. The number of imide groups is 1. The van der Waals surface area contributed by atoms with Crippen LogP contribution in [0.1, 0.15) is 0 Å². The topological polar surface area (TPSA) is 56.2 Å². The van der Waals surface area contributed by atoms with Crippen molar-refractivity contribution in [1.82, 2.24) is 14.7 Å². The van der Waals surface area contributed by atoms with Gasteiger partial charge in [0, 0.05) is 20.6 Å². The van der Waals surface area contributed by atoms with Gasteiger partial charge in [-0.3, -0.25) is 14.6 Å². The number of amides is 3. The molecule has 0 aliphatic carbocycles. The van der Waals surface area contributed by atoms with Gasteiger partial charge in [-0.2, -0.15) is 0 Å². The van der Waals surface area contributed by atoms with Gasteiger partial charge in [-0.05, 0) is 12.2 Å². The summed E-state index contributed by atoms with van der Waals surface area (Å²) in [5.41, 5.74) is 0. The van der Waals surface area contributed by atoms with E-state index in [4.69, 9.17) is 12.2 Å². The molecule has 1 atom stereocenters. The van der Waals surface area contributed by atoms with Gasteiger partial charge in [0.15, 0.2) is 11.2 Å². The van der Waals surface area contributed by atoms with E-state index in [2.05, 4.69) is 11.6 Å². The normalized spacial score (nSPS) is 24.1. The van der Waals surface area contributed by atoms with Gasteiger partial charge in [-0.15, -0.1) is 6.58 Å². The molecule has 7 heteroatoms. The molecule has 0 spiro atoms. The van der Waals surface area contributed by atoms with Gasteiger partial charge in [0.25, 0.3) is 5.91 Å². The van der Waals surface area contributed by atoms with E-state index < -0.39 is 12.1 Å². The Morgan fingerprint density at radius 3 is 2.65 bits per heavy atom. The van der Waals surface area contributed by atoms with E-state index in [1.807, 2.05) is 0 Å². The van der Waals surface area contributed by atoms with Gasteiger partial charge < -0.3 is 4.90 Å². The Balaban J connectivity index is 2.42. The molecule has 1 saturated heterocycles. The highest BCUT2D eigenvalue weighted by Crippen LogP contribution is 2.22. The van der Waals surface area contributed by atoms with Crippen molar-refractivity contribution >= 4 is 35.1 Å². The Labute approximate surface area is 104 Å². The molecule has 6 nitrogen and oxygen atoms in total. The fourth-order valence-electron chi connectivity index (χ4n) is 1.90. The van der Waals surface area contributed by atoms with Crippen LogP contribution in [0.5, 0.6) is 0 Å². The lowest BCUT2D eigenvalue weighted by atomic mass is 10.1. The second-order valence-corrected chi connectivity index (χ2v) is 4.20. The second kappa shape index (κ2) is 3.92. The highest BCUT2D eigenvalue weighted by atomic mass is 32.1. The summed E-state index contributed by atoms with van der Waals surface area (Å²) in [4.78, 5) is 32.0. The van der Waals surface area contributed by atoms with Gasteiger partial charge in [0.1, 0.15) is 5.84 Å². The van der Waals surface area contributed by atoms with Crippen molar-refractivity contribution in [3.8, 4) is 0 Å². The van der Waals surface area contributed by atoms with Crippen LogP contribution in [-0.2, 0) is 4.79 Å². The third kappa shape index (κ3) is 1.54. The number of carbonyl (C=O) groups is 2. The van der Waals surface area contributed by atoms with E-state index in [0.717, 1.165) is 4.90 Å². The van der Waals surface area contributed by atoms with Crippen LogP contribution in [0.15, 0.2) is 17.6 Å². The summed E-state index contributed by atoms with van der Waals surface area (Å²) in [6.45, 7) is 4.05. The standard InChI is InChI=1S/C10H12N4O2S/c1-4-5-14-6-7(11-9(14)17)12(2)10(16)13(3)8(6)15/h4,6H,1,5H2,2-3H3. The molecular formula is C10H12N4O2S. The lowest BCUT2D eigenvalue weighted by molar-refractivity contribution is -0.130. The van der Waals surface area contributed by atoms with Crippen LogP contribution in [0.2, 0.25) is 0 Å². The SMILES string of the molecule is C=CCN1C(=S)N=C2C1C(=O)N(C)C(=O)N2C. The average Bonchev–Trinajstić information content (AvgIpc) is 2.62. The fourth-order valence-corrected chi connectivity index (χ4v) is 2.17. The smallest absolute Gasteiger partial charge is 0.325 e. The highest BCUT2D eigenvalue weighted by Gasteiger charge is 2.47. The first kappa shape index (κ1) is 11.7. The quantitative estimate of drug-likeness (QED) is 0.515. The molecule has 0 radical (unpaired) electrons. The summed E-state index contributed by atoms with van der Waals surface area (Å²) in [5.74, 6) is 0.0819. The number of urea groups is 1. The summed E-state index contributed by atoms with van der Waals surface area (Å²) in [6, 6.07) is -0.999. The van der Waals surface area contributed by atoms with Crippen LogP contribution in [0, 0.1) is 0 Å². The van der Waals surface area contributed by atoms with E-state index >= 15 is 0 Å². The van der Waals surface area contributed by atoms with Crippen molar-refractivity contribution in [3.63, 3.8) is 0 Å². The average molecular weight is 252 g/mol. The van der Waals surface area contributed by atoms with Gasteiger partial charge >= 0.3 is 6.03 Å². The lowest BCUT2D eigenvalue weighted by Crippen LogP contribution is -2.62. The number of aliphatic imine (C=N–C) groups is 1. The zero-order chi connectivity index (χ0) is 12.7. The van der Waals surface area contributed by atoms with Crippen molar-refractivity contribution < 1.29 is 9.59 Å². The van der Waals surface area contributed by atoms with E-state index in [1.54, 1.807) is 18.0 Å². The Morgan fingerprint density at radius 1 is 1.41 bits per heavy atom. The molecule has 1 unspecified atom stereocenters. The molecule has 0 aromatic heterocycles. The maximum absolute atomic E-state index is 12.1. The number of hydrogen-bond acceptors (Lipinski definition) is 3. The molecule has 2 aliphatic rings. The van der Waals surface area contributed by atoms with Crippen molar-refractivity contribution in [2.24, 2.45) is 4.99 Å². The first-order valence-corrected chi connectivity index (χ1v) is 5.45. The van der Waals surface area contributed by atoms with Crippen molar-refractivity contribution in [3.05, 3.63) is 12.7 Å². The molecular weight excluding hydrogens is 240 g/mol. The van der Waals surface area contributed by atoms with Crippen LogP contribution >= 0.6 is 12.2 Å². The Bertz CT molecular complexity index is 459. The lowest BCUT2D eigenvalue weighted by Gasteiger charge is -2.36. The molecule has 3 amide bonds. The minimum atomic E-state index is -0.604. The van der Waals surface area contributed by atoms with Gasteiger partial charge in [-0.1, -0.05) is 6.08 Å². The zero-order valence-electron chi connectivity index (χ0n) is 9.58. The number of likely N-dealkylation sites (N-methyl/N-ethyl adjacent to an activating group) is 2. The molecule has 90 valence electrons. The minimum absolute atomic E-state index is 0.312. The maximum Gasteiger partial charge on any atom is 0.331 e. The number of fused-ring (bicyclic) bond motifs is 1. The third-order valence-corrected chi connectivity index (χ3v) is 3.15. The third-order valence-electron chi connectivity index (χ3n) is 2.82. The van der Waals surface area contributed by atoms with Gasteiger partial charge in [0.2, 0.25) is 0 Å². The van der Waals surface area contributed by atoms with Gasteiger partial charge in [-0.25, -0.2) is 9.79 Å². The van der Waals surface area contributed by atoms with E-state index in [0.29, 0.717) is 17.5 Å². The molecule has 2 aliphatic heterocycles. The fraction of sp³-hybridized carbons (Fsp3) is 0.400. The summed E-state index contributed by atoms with van der Waals surface area (Å²) in [5, 5.41) is 0.313. The number of carbonyl (C=O) groups excluding carboxylic acids is 2. The van der Waals surface area contributed by atoms with Crippen molar-refractivity contribution in [1.29, 1.82) is 0 Å². The molecule has 0 aromatic rings. The molecule has 1 fully saturated rings. The summed E-state index contributed by atoms with van der Waals surface area (Å²) < 4.78 is 0. The Hall–Kier alpha value is -1.76. The van der Waals surface area contributed by atoms with E-state index in [-0.39, 0.29) is 5.91 Å². The number of thiocarbonyl (C=S) groups is 1. The van der Waals surface area contributed by atoms with Crippen LogP contribution in [0.25, 0.3) is 0 Å². The summed E-state index contributed by atoms with van der Waals surface area (Å²) in [6.07, 6.45) is 1.65. The largest absolute Gasteiger partial charge is 0.331 e.